The van der Waals surface area contributed by atoms with Crippen LogP contribution in [0.3, 0.4) is 0 Å². The molecule has 0 aliphatic carbocycles. The zero-order valence-corrected chi connectivity index (χ0v) is 22.1. The van der Waals surface area contributed by atoms with E-state index in [0.29, 0.717) is 48.5 Å². The molecule has 1 heterocycles. The number of nitrogens with one attached hydrogen (secondary N) is 1. The first kappa shape index (κ1) is 26.9. The summed E-state index contributed by atoms with van der Waals surface area (Å²) < 4.78 is 11.6. The number of hydrogen-bond acceptors (Lipinski definition) is 5. The van der Waals surface area contributed by atoms with Crippen LogP contribution in [-0.2, 0) is 28.1 Å². The molecular weight excluding hydrogens is 504 g/mol. The van der Waals surface area contributed by atoms with E-state index in [1.165, 1.54) is 0 Å². The number of amides is 1. The largest absolute Gasteiger partial charge is 0.489 e. The molecule has 0 spiro atoms. The fourth-order valence-electron chi connectivity index (χ4n) is 5.18. The SMILES string of the molecule is N#Cc1cccc(OCc2ccc(CCC(=O)O)c(C(=O)NC3(c4ccc5ccccc5c4)CCOCC3)c2)c1. The van der Waals surface area contributed by atoms with E-state index in [4.69, 9.17) is 14.7 Å². The van der Waals surface area contributed by atoms with Crippen LogP contribution in [0.15, 0.2) is 84.9 Å². The van der Waals surface area contributed by atoms with E-state index in [0.717, 1.165) is 21.9 Å². The van der Waals surface area contributed by atoms with Crippen LogP contribution in [0.2, 0.25) is 0 Å². The van der Waals surface area contributed by atoms with Crippen molar-refractivity contribution >= 4 is 22.6 Å². The average Bonchev–Trinajstić information content (AvgIpc) is 2.99. The minimum atomic E-state index is -0.923. The highest BCUT2D eigenvalue weighted by molar-refractivity contribution is 5.97. The van der Waals surface area contributed by atoms with Crippen molar-refractivity contribution in [2.24, 2.45) is 0 Å². The van der Waals surface area contributed by atoms with Crippen LogP contribution >= 0.6 is 0 Å². The van der Waals surface area contributed by atoms with Gasteiger partial charge in [-0.2, -0.15) is 5.26 Å². The summed E-state index contributed by atoms with van der Waals surface area (Å²) in [6.07, 6.45) is 1.40. The van der Waals surface area contributed by atoms with Gasteiger partial charge in [0.2, 0.25) is 0 Å². The summed E-state index contributed by atoms with van der Waals surface area (Å²) in [4.78, 5) is 25.3. The van der Waals surface area contributed by atoms with Crippen LogP contribution in [0.1, 0.15) is 51.9 Å². The minimum absolute atomic E-state index is 0.0826. The second kappa shape index (κ2) is 12.0. The number of benzene rings is 4. The second-order valence-electron chi connectivity index (χ2n) is 10.0. The number of carboxylic acid groups (broad SMARTS) is 1. The molecule has 0 radical (unpaired) electrons. The number of fused-ring (bicyclic) bond motifs is 1. The highest BCUT2D eigenvalue weighted by Gasteiger charge is 2.36. The molecule has 1 aliphatic heterocycles. The maximum atomic E-state index is 14.0. The lowest BCUT2D eigenvalue weighted by Crippen LogP contribution is -2.49. The fraction of sp³-hybridized carbons (Fsp3) is 0.242. The predicted molar refractivity (Wildman–Crippen MR) is 151 cm³/mol. The fourth-order valence-corrected chi connectivity index (χ4v) is 5.18. The first-order chi connectivity index (χ1) is 19.5. The van der Waals surface area contributed by atoms with Gasteiger partial charge in [0.1, 0.15) is 12.4 Å². The number of carboxylic acids is 1. The number of carbonyl (C=O) groups is 2. The Kier molecular flexibility index (Phi) is 8.09. The van der Waals surface area contributed by atoms with Gasteiger partial charge < -0.3 is 19.9 Å². The molecule has 0 atom stereocenters. The van der Waals surface area contributed by atoms with E-state index in [2.05, 4.69) is 41.7 Å². The molecule has 0 unspecified atom stereocenters. The molecule has 2 N–H and O–H groups in total. The maximum Gasteiger partial charge on any atom is 0.303 e. The van der Waals surface area contributed by atoms with Gasteiger partial charge in [0.05, 0.1) is 17.2 Å². The summed E-state index contributed by atoms with van der Waals surface area (Å²) in [5.74, 6) is -0.630. The van der Waals surface area contributed by atoms with Crippen molar-refractivity contribution < 1.29 is 24.2 Å². The lowest BCUT2D eigenvalue weighted by molar-refractivity contribution is -0.136. The predicted octanol–water partition coefficient (Wildman–Crippen LogP) is 5.74. The molecule has 0 aromatic heterocycles. The van der Waals surface area contributed by atoms with Gasteiger partial charge in [0.25, 0.3) is 5.91 Å². The number of carbonyl (C=O) groups excluding carboxylic acids is 1. The van der Waals surface area contributed by atoms with Crippen LogP contribution in [0.25, 0.3) is 10.8 Å². The Hall–Kier alpha value is -4.67. The van der Waals surface area contributed by atoms with E-state index in [-0.39, 0.29) is 25.4 Å². The first-order valence-electron chi connectivity index (χ1n) is 13.3. The van der Waals surface area contributed by atoms with Gasteiger partial charge >= 0.3 is 5.97 Å². The third kappa shape index (κ3) is 6.14. The topological polar surface area (TPSA) is 109 Å². The monoisotopic (exact) mass is 534 g/mol. The van der Waals surface area contributed by atoms with Gasteiger partial charge in [0, 0.05) is 25.2 Å². The van der Waals surface area contributed by atoms with E-state index in [1.54, 1.807) is 36.4 Å². The lowest BCUT2D eigenvalue weighted by atomic mass is 9.81. The minimum Gasteiger partial charge on any atom is -0.489 e. The van der Waals surface area contributed by atoms with Crippen molar-refractivity contribution in [3.8, 4) is 11.8 Å². The van der Waals surface area contributed by atoms with E-state index in [9.17, 15) is 14.7 Å². The highest BCUT2D eigenvalue weighted by Crippen LogP contribution is 2.34. The zero-order chi connectivity index (χ0) is 28.0. The van der Waals surface area contributed by atoms with Crippen LogP contribution in [0.5, 0.6) is 5.75 Å². The summed E-state index contributed by atoms with van der Waals surface area (Å²) in [5.41, 5.74) is 2.76. The quantitative estimate of drug-likeness (QED) is 0.283. The van der Waals surface area contributed by atoms with Crippen LogP contribution < -0.4 is 10.1 Å². The Morgan fingerprint density at radius 3 is 2.52 bits per heavy atom. The van der Waals surface area contributed by atoms with Crippen molar-refractivity contribution in [2.45, 2.75) is 37.8 Å². The first-order valence-corrected chi connectivity index (χ1v) is 13.3. The number of aliphatic carboxylic acids is 1. The average molecular weight is 535 g/mol. The number of rotatable bonds is 9. The summed E-state index contributed by atoms with van der Waals surface area (Å²) >= 11 is 0. The summed E-state index contributed by atoms with van der Waals surface area (Å²) in [6.45, 7) is 1.24. The summed E-state index contributed by atoms with van der Waals surface area (Å²) in [5, 5.41) is 24.0. The molecule has 40 heavy (non-hydrogen) atoms. The molecule has 7 nitrogen and oxygen atoms in total. The number of ether oxygens (including phenoxy) is 2. The third-order valence-electron chi connectivity index (χ3n) is 7.40. The number of aryl methyl sites for hydroxylation is 1. The van der Waals surface area contributed by atoms with Gasteiger partial charge in [-0.1, -0.05) is 54.6 Å². The molecule has 1 aliphatic rings. The molecule has 0 saturated carbocycles. The van der Waals surface area contributed by atoms with E-state index in [1.807, 2.05) is 18.2 Å². The van der Waals surface area contributed by atoms with Gasteiger partial charge in [-0.15, -0.1) is 0 Å². The third-order valence-corrected chi connectivity index (χ3v) is 7.40. The molecule has 7 heteroatoms. The molecule has 5 rings (SSSR count). The Morgan fingerprint density at radius 2 is 1.75 bits per heavy atom. The van der Waals surface area contributed by atoms with Gasteiger partial charge in [-0.25, -0.2) is 0 Å². The van der Waals surface area contributed by atoms with Gasteiger partial charge in [-0.05, 0) is 77.1 Å². The number of nitrogens with zero attached hydrogens (tertiary/aromatic N) is 1. The Morgan fingerprint density at radius 1 is 0.950 bits per heavy atom. The molecule has 202 valence electrons. The number of hydrogen-bond donors (Lipinski definition) is 2. The van der Waals surface area contributed by atoms with Crippen LogP contribution in [0.4, 0.5) is 0 Å². The van der Waals surface area contributed by atoms with Gasteiger partial charge in [-0.3, -0.25) is 9.59 Å². The smallest absolute Gasteiger partial charge is 0.303 e. The zero-order valence-electron chi connectivity index (χ0n) is 22.1. The summed E-state index contributed by atoms with van der Waals surface area (Å²) in [7, 11) is 0. The van der Waals surface area contributed by atoms with Crippen molar-refractivity contribution in [1.82, 2.24) is 5.32 Å². The Labute approximate surface area is 233 Å². The molecule has 1 saturated heterocycles. The van der Waals surface area contributed by atoms with Crippen molar-refractivity contribution in [3.63, 3.8) is 0 Å². The summed E-state index contributed by atoms with van der Waals surface area (Å²) in [6, 6.07) is 28.8. The Bertz CT molecular complexity index is 1580. The molecule has 4 aromatic rings. The molecule has 4 aromatic carbocycles. The highest BCUT2D eigenvalue weighted by atomic mass is 16.5. The molecule has 0 bridgehead atoms. The molecule has 1 fully saturated rings. The molecular formula is C33H30N2O5. The lowest BCUT2D eigenvalue weighted by Gasteiger charge is -2.39. The van der Waals surface area contributed by atoms with Crippen LogP contribution in [-0.4, -0.2) is 30.2 Å². The standard InChI is InChI=1S/C33H30N2O5/c34-21-23-4-3-7-29(18-23)40-22-24-8-9-26(11-13-31(36)37)30(19-24)32(38)35-33(14-16-39-17-15-33)28-12-10-25-5-1-2-6-27(25)20-28/h1-10,12,18-20H,11,13-17,22H2,(H,35,38)(H,36,37). The van der Waals surface area contributed by atoms with E-state index < -0.39 is 11.5 Å². The van der Waals surface area contributed by atoms with Gasteiger partial charge in [0.15, 0.2) is 0 Å². The molecule has 1 amide bonds. The number of nitriles is 1. The van der Waals surface area contributed by atoms with Crippen molar-refractivity contribution in [1.29, 1.82) is 5.26 Å². The van der Waals surface area contributed by atoms with Crippen molar-refractivity contribution in [3.05, 3.63) is 113 Å². The Balaban J connectivity index is 1.45. The van der Waals surface area contributed by atoms with Crippen molar-refractivity contribution in [2.75, 3.05) is 13.2 Å². The van der Waals surface area contributed by atoms with Crippen LogP contribution in [0, 0.1) is 11.3 Å². The van der Waals surface area contributed by atoms with E-state index >= 15 is 0 Å². The normalized spacial score (nSPS) is 14.3. The second-order valence-corrected chi connectivity index (χ2v) is 10.0. The maximum absolute atomic E-state index is 14.0.